The number of esters is 1. The number of benzene rings is 3. The smallest absolute Gasteiger partial charge is 0.328 e. The molecule has 0 saturated carbocycles. The highest BCUT2D eigenvalue weighted by molar-refractivity contribution is 5.96. The highest BCUT2D eigenvalue weighted by atomic mass is 16.5. The lowest BCUT2D eigenvalue weighted by Crippen LogP contribution is -2.42. The van der Waals surface area contributed by atoms with Crippen LogP contribution in [0.5, 0.6) is 0 Å². The number of ether oxygens (including phenoxy) is 1. The van der Waals surface area contributed by atoms with Crippen LogP contribution in [0.15, 0.2) is 79.1 Å². The van der Waals surface area contributed by atoms with Crippen molar-refractivity contribution in [1.82, 2.24) is 14.9 Å². The Morgan fingerprint density at radius 2 is 1.72 bits per heavy atom. The van der Waals surface area contributed by atoms with E-state index in [1.807, 2.05) is 36.4 Å². The van der Waals surface area contributed by atoms with Gasteiger partial charge >= 0.3 is 5.97 Å². The lowest BCUT2D eigenvalue weighted by atomic mass is 9.98. The van der Waals surface area contributed by atoms with Crippen LogP contribution in [0.4, 0.5) is 0 Å². The quantitative estimate of drug-likeness (QED) is 0.453. The summed E-state index contributed by atoms with van der Waals surface area (Å²) in [6.45, 7) is 2.02. The number of carbonyl (C=O) groups is 2. The van der Waals surface area contributed by atoms with Crippen LogP contribution < -0.4 is 5.32 Å². The van der Waals surface area contributed by atoms with Crippen molar-refractivity contribution in [3.05, 3.63) is 90.4 Å². The van der Waals surface area contributed by atoms with E-state index in [0.29, 0.717) is 6.54 Å². The minimum Gasteiger partial charge on any atom is -0.467 e. The van der Waals surface area contributed by atoms with E-state index < -0.39 is 12.0 Å². The van der Waals surface area contributed by atoms with Gasteiger partial charge in [0.1, 0.15) is 6.04 Å². The fraction of sp³-hybridized carbons (Fsp3) is 0.192. The minimum absolute atomic E-state index is 0.229. The van der Waals surface area contributed by atoms with Gasteiger partial charge in [-0.25, -0.2) is 9.78 Å². The van der Waals surface area contributed by atoms with Gasteiger partial charge < -0.3 is 14.6 Å². The third-order valence-corrected chi connectivity index (χ3v) is 5.41. The summed E-state index contributed by atoms with van der Waals surface area (Å²) in [5.74, 6) is -0.794. The summed E-state index contributed by atoms with van der Waals surface area (Å²) in [6.07, 6.45) is 2.02. The number of hydrogen-bond donors (Lipinski definition) is 1. The van der Waals surface area contributed by atoms with Crippen molar-refractivity contribution in [2.24, 2.45) is 0 Å². The lowest BCUT2D eigenvalue weighted by molar-refractivity contribution is -0.144. The molecule has 4 rings (SSSR count). The molecule has 0 saturated heterocycles. The van der Waals surface area contributed by atoms with Crippen LogP contribution in [0.1, 0.15) is 18.2 Å². The summed E-state index contributed by atoms with van der Waals surface area (Å²) in [4.78, 5) is 28.7. The molecule has 162 valence electrons. The SMILES string of the molecule is COC(=O)[C@H](Cc1ncn(Cc2ccccc2)c1-c1cccc2ccccc12)NC(C)=O. The van der Waals surface area contributed by atoms with Crippen molar-refractivity contribution in [1.29, 1.82) is 0 Å². The number of nitrogens with zero attached hydrogens (tertiary/aromatic N) is 2. The Morgan fingerprint density at radius 3 is 2.47 bits per heavy atom. The molecule has 0 aliphatic heterocycles. The Morgan fingerprint density at radius 1 is 1.00 bits per heavy atom. The molecule has 1 atom stereocenters. The zero-order valence-corrected chi connectivity index (χ0v) is 18.1. The number of imidazole rings is 1. The number of rotatable bonds is 7. The van der Waals surface area contributed by atoms with Gasteiger partial charge in [-0.05, 0) is 16.3 Å². The first-order valence-corrected chi connectivity index (χ1v) is 10.5. The highest BCUT2D eigenvalue weighted by Gasteiger charge is 2.25. The molecule has 6 heteroatoms. The van der Waals surface area contributed by atoms with Crippen molar-refractivity contribution < 1.29 is 14.3 Å². The summed E-state index contributed by atoms with van der Waals surface area (Å²) in [7, 11) is 1.32. The van der Waals surface area contributed by atoms with Gasteiger partial charge in [-0.3, -0.25) is 4.79 Å². The van der Waals surface area contributed by atoms with Crippen LogP contribution in [0.3, 0.4) is 0 Å². The second-order valence-electron chi connectivity index (χ2n) is 7.66. The monoisotopic (exact) mass is 427 g/mol. The van der Waals surface area contributed by atoms with Crippen molar-refractivity contribution >= 4 is 22.6 Å². The molecule has 1 heterocycles. The van der Waals surface area contributed by atoms with Crippen LogP contribution in [0.2, 0.25) is 0 Å². The summed E-state index contributed by atoms with van der Waals surface area (Å²) < 4.78 is 7.01. The van der Waals surface area contributed by atoms with Crippen molar-refractivity contribution in [3.63, 3.8) is 0 Å². The summed E-state index contributed by atoms with van der Waals surface area (Å²) >= 11 is 0. The molecule has 0 aliphatic carbocycles. The number of nitrogens with one attached hydrogen (secondary N) is 1. The highest BCUT2D eigenvalue weighted by Crippen LogP contribution is 2.32. The number of fused-ring (bicyclic) bond motifs is 1. The number of methoxy groups -OCH3 is 1. The van der Waals surface area contributed by atoms with Crippen LogP contribution in [-0.2, 0) is 27.3 Å². The maximum Gasteiger partial charge on any atom is 0.328 e. The number of aromatic nitrogens is 2. The molecule has 6 nitrogen and oxygen atoms in total. The molecule has 1 N–H and O–H groups in total. The fourth-order valence-corrected chi connectivity index (χ4v) is 3.99. The molecule has 0 aliphatic rings. The Balaban J connectivity index is 1.83. The molecule has 0 radical (unpaired) electrons. The number of amides is 1. The number of carbonyl (C=O) groups excluding carboxylic acids is 2. The topological polar surface area (TPSA) is 73.2 Å². The zero-order valence-electron chi connectivity index (χ0n) is 18.1. The first kappa shape index (κ1) is 21.3. The summed E-state index contributed by atoms with van der Waals surface area (Å²) in [5, 5.41) is 4.91. The first-order valence-electron chi connectivity index (χ1n) is 10.5. The van der Waals surface area contributed by atoms with E-state index in [4.69, 9.17) is 4.74 Å². The predicted molar refractivity (Wildman–Crippen MR) is 124 cm³/mol. The molecule has 0 unspecified atom stereocenters. The predicted octanol–water partition coefficient (Wildman–Crippen LogP) is 3.97. The number of hydrogen-bond acceptors (Lipinski definition) is 4. The summed E-state index contributed by atoms with van der Waals surface area (Å²) in [6, 6.07) is 23.7. The lowest BCUT2D eigenvalue weighted by Gasteiger charge is -2.17. The van der Waals surface area contributed by atoms with Crippen LogP contribution in [0, 0.1) is 0 Å². The van der Waals surface area contributed by atoms with Gasteiger partial charge in [-0.2, -0.15) is 0 Å². The Labute approximate surface area is 186 Å². The van der Waals surface area contributed by atoms with E-state index in [2.05, 4.69) is 51.3 Å². The van der Waals surface area contributed by atoms with E-state index in [1.165, 1.54) is 14.0 Å². The van der Waals surface area contributed by atoms with Crippen LogP contribution >= 0.6 is 0 Å². The second kappa shape index (κ2) is 9.47. The molecular formula is C26H25N3O3. The van der Waals surface area contributed by atoms with Crippen molar-refractivity contribution in [3.8, 4) is 11.3 Å². The normalized spacial score (nSPS) is 11.8. The van der Waals surface area contributed by atoms with E-state index in [0.717, 1.165) is 33.3 Å². The molecule has 1 aromatic heterocycles. The Bertz CT molecular complexity index is 1240. The van der Waals surface area contributed by atoms with Crippen LogP contribution in [0.25, 0.3) is 22.0 Å². The molecule has 3 aromatic carbocycles. The third-order valence-electron chi connectivity index (χ3n) is 5.41. The first-order chi connectivity index (χ1) is 15.6. The van der Waals surface area contributed by atoms with E-state index in [9.17, 15) is 9.59 Å². The van der Waals surface area contributed by atoms with Gasteiger partial charge in [0, 0.05) is 25.5 Å². The maximum atomic E-state index is 12.3. The largest absolute Gasteiger partial charge is 0.467 e. The zero-order chi connectivity index (χ0) is 22.5. The maximum absolute atomic E-state index is 12.3. The van der Waals surface area contributed by atoms with E-state index >= 15 is 0 Å². The third kappa shape index (κ3) is 4.54. The van der Waals surface area contributed by atoms with Gasteiger partial charge in [0.25, 0.3) is 0 Å². The average molecular weight is 428 g/mol. The second-order valence-corrected chi connectivity index (χ2v) is 7.66. The van der Waals surface area contributed by atoms with E-state index in [1.54, 1.807) is 6.33 Å². The fourth-order valence-electron chi connectivity index (χ4n) is 3.99. The standard InChI is InChI=1S/C26H25N3O3/c1-18(30)28-24(26(31)32-2)15-23-25(22-14-8-12-20-11-6-7-13-21(20)22)29(17-27-23)16-19-9-4-3-5-10-19/h3-14,17,24H,15-16H2,1-2H3,(H,28,30)/t24-/m0/s1. The van der Waals surface area contributed by atoms with Gasteiger partial charge in [-0.1, -0.05) is 72.8 Å². The molecular weight excluding hydrogens is 402 g/mol. The summed E-state index contributed by atoms with van der Waals surface area (Å²) in [5.41, 5.74) is 3.81. The van der Waals surface area contributed by atoms with Crippen molar-refractivity contribution in [2.45, 2.75) is 25.9 Å². The van der Waals surface area contributed by atoms with Gasteiger partial charge in [-0.15, -0.1) is 0 Å². The average Bonchev–Trinajstić information content (AvgIpc) is 3.19. The van der Waals surface area contributed by atoms with Gasteiger partial charge in [0.2, 0.25) is 5.91 Å². The molecule has 1 amide bonds. The molecule has 32 heavy (non-hydrogen) atoms. The molecule has 0 spiro atoms. The van der Waals surface area contributed by atoms with E-state index in [-0.39, 0.29) is 12.3 Å². The van der Waals surface area contributed by atoms with Gasteiger partial charge in [0.05, 0.1) is 24.8 Å². The van der Waals surface area contributed by atoms with Gasteiger partial charge in [0.15, 0.2) is 0 Å². The van der Waals surface area contributed by atoms with Crippen molar-refractivity contribution in [2.75, 3.05) is 7.11 Å². The Hall–Kier alpha value is -3.93. The molecule has 0 bridgehead atoms. The Kier molecular flexibility index (Phi) is 6.31. The van der Waals surface area contributed by atoms with Crippen LogP contribution in [-0.4, -0.2) is 34.6 Å². The molecule has 4 aromatic rings. The minimum atomic E-state index is -0.814. The molecule has 0 fully saturated rings.